The van der Waals surface area contributed by atoms with Crippen molar-refractivity contribution in [2.24, 2.45) is 0 Å². The predicted octanol–water partition coefficient (Wildman–Crippen LogP) is 4.06. The number of carbonyl (C=O) groups is 2. The second kappa shape index (κ2) is 6.07. The van der Waals surface area contributed by atoms with Crippen molar-refractivity contribution in [3.63, 3.8) is 0 Å². The molecule has 0 bridgehead atoms. The summed E-state index contributed by atoms with van der Waals surface area (Å²) in [6, 6.07) is 13.3. The molecule has 0 N–H and O–H groups in total. The van der Waals surface area contributed by atoms with Gasteiger partial charge in [0.05, 0.1) is 21.9 Å². The summed E-state index contributed by atoms with van der Waals surface area (Å²) in [5, 5.41) is 0. The van der Waals surface area contributed by atoms with Crippen molar-refractivity contribution >= 4 is 57.1 Å². The van der Waals surface area contributed by atoms with Gasteiger partial charge in [0.25, 0.3) is 11.8 Å². The molecule has 1 fully saturated rings. The molecule has 0 spiro atoms. The van der Waals surface area contributed by atoms with Crippen molar-refractivity contribution in [3.8, 4) is 0 Å². The highest BCUT2D eigenvalue weighted by atomic mass is 32.2. The quantitative estimate of drug-likeness (QED) is 0.553. The minimum absolute atomic E-state index is 0.174. The van der Waals surface area contributed by atoms with Crippen LogP contribution in [0.1, 0.15) is 16.7 Å². The van der Waals surface area contributed by atoms with Gasteiger partial charge in [-0.3, -0.25) is 14.5 Å². The van der Waals surface area contributed by atoms with E-state index in [9.17, 15) is 9.59 Å². The van der Waals surface area contributed by atoms with Crippen LogP contribution in [0.5, 0.6) is 0 Å². The summed E-state index contributed by atoms with van der Waals surface area (Å²) in [6.45, 7) is 4.02. The number of hydrogen-bond donors (Lipinski definition) is 0. The maximum absolute atomic E-state index is 13.2. The summed E-state index contributed by atoms with van der Waals surface area (Å²) >= 11 is 6.66. The number of likely N-dealkylation sites (N-methyl/N-ethyl adjacent to an activating group) is 1. The van der Waals surface area contributed by atoms with Gasteiger partial charge in [-0.15, -0.1) is 0 Å². The summed E-state index contributed by atoms with van der Waals surface area (Å²) in [5.74, 6) is -0.413. The number of rotatable bonds is 1. The number of fused-ring (bicyclic) bond motifs is 1. The lowest BCUT2D eigenvalue weighted by Gasteiger charge is -2.16. The number of thioether (sulfide) groups is 1. The molecule has 2 aliphatic rings. The van der Waals surface area contributed by atoms with Crippen LogP contribution < -0.4 is 9.80 Å². The van der Waals surface area contributed by atoms with Crippen LogP contribution in [0, 0.1) is 13.8 Å². The van der Waals surface area contributed by atoms with Gasteiger partial charge in [-0.2, -0.15) is 0 Å². The third-order valence-corrected chi connectivity index (χ3v) is 6.17. The largest absolute Gasteiger partial charge is 0.311 e. The number of thiocarbonyl (C=S) groups is 1. The second-order valence-electron chi connectivity index (χ2n) is 6.36. The third kappa shape index (κ3) is 2.40. The van der Waals surface area contributed by atoms with Crippen LogP contribution >= 0.6 is 24.0 Å². The van der Waals surface area contributed by atoms with E-state index in [0.29, 0.717) is 14.8 Å². The average Bonchev–Trinajstić information content (AvgIpc) is 3.04. The summed E-state index contributed by atoms with van der Waals surface area (Å²) in [5.41, 5.74) is 5.00. The minimum Gasteiger partial charge on any atom is -0.311 e. The van der Waals surface area contributed by atoms with E-state index in [1.807, 2.05) is 56.3 Å². The lowest BCUT2D eigenvalue weighted by Crippen LogP contribution is -2.28. The molecule has 0 aliphatic carbocycles. The Bertz CT molecular complexity index is 1030. The van der Waals surface area contributed by atoms with E-state index in [4.69, 9.17) is 12.2 Å². The summed E-state index contributed by atoms with van der Waals surface area (Å²) in [4.78, 5) is 29.4. The van der Waals surface area contributed by atoms with E-state index in [-0.39, 0.29) is 11.8 Å². The van der Waals surface area contributed by atoms with Crippen molar-refractivity contribution in [2.75, 3.05) is 16.8 Å². The maximum atomic E-state index is 13.2. The predicted molar refractivity (Wildman–Crippen MR) is 110 cm³/mol. The Labute approximate surface area is 161 Å². The van der Waals surface area contributed by atoms with Gasteiger partial charge in [0, 0.05) is 12.6 Å². The number of benzene rings is 2. The molecular formula is C20H16N2O2S2. The van der Waals surface area contributed by atoms with Crippen LogP contribution in [-0.4, -0.2) is 23.2 Å². The molecule has 2 aliphatic heterocycles. The average molecular weight is 380 g/mol. The Hall–Kier alpha value is -2.44. The molecular weight excluding hydrogens is 364 g/mol. The van der Waals surface area contributed by atoms with Crippen LogP contribution in [-0.2, 0) is 9.59 Å². The number of aryl methyl sites for hydroxylation is 2. The lowest BCUT2D eigenvalue weighted by atomic mass is 10.1. The van der Waals surface area contributed by atoms with Gasteiger partial charge in [-0.1, -0.05) is 48.2 Å². The Morgan fingerprint density at radius 1 is 0.962 bits per heavy atom. The van der Waals surface area contributed by atoms with E-state index >= 15 is 0 Å². The van der Waals surface area contributed by atoms with Gasteiger partial charge >= 0.3 is 0 Å². The maximum Gasteiger partial charge on any atom is 0.271 e. The molecule has 130 valence electrons. The zero-order valence-corrected chi connectivity index (χ0v) is 16.2. The fourth-order valence-electron chi connectivity index (χ4n) is 3.20. The molecule has 1 saturated heterocycles. The smallest absolute Gasteiger partial charge is 0.271 e. The number of nitrogens with zero attached hydrogens (tertiary/aromatic N) is 2. The normalized spacial score (nSPS) is 19.6. The summed E-state index contributed by atoms with van der Waals surface area (Å²) < 4.78 is 0.445. The zero-order chi connectivity index (χ0) is 18.6. The van der Waals surface area contributed by atoms with Gasteiger partial charge in [-0.25, -0.2) is 0 Å². The first-order valence-electron chi connectivity index (χ1n) is 8.15. The molecule has 2 aromatic rings. The minimum atomic E-state index is -0.239. The van der Waals surface area contributed by atoms with Crippen LogP contribution in [0.3, 0.4) is 0 Å². The molecule has 2 heterocycles. The van der Waals surface area contributed by atoms with Crippen LogP contribution in [0.15, 0.2) is 47.4 Å². The molecule has 6 heteroatoms. The van der Waals surface area contributed by atoms with Crippen molar-refractivity contribution in [1.82, 2.24) is 0 Å². The number of para-hydroxylation sites is 1. The molecule has 4 nitrogen and oxygen atoms in total. The molecule has 0 radical (unpaired) electrons. The highest BCUT2D eigenvalue weighted by molar-refractivity contribution is 8.27. The third-order valence-electron chi connectivity index (χ3n) is 4.80. The van der Waals surface area contributed by atoms with E-state index in [1.165, 1.54) is 16.7 Å². The van der Waals surface area contributed by atoms with Crippen LogP contribution in [0.2, 0.25) is 0 Å². The molecule has 0 atom stereocenters. The number of amides is 2. The molecule has 2 amide bonds. The topological polar surface area (TPSA) is 40.6 Å². The second-order valence-corrected chi connectivity index (χ2v) is 8.01. The van der Waals surface area contributed by atoms with Crippen molar-refractivity contribution in [2.45, 2.75) is 13.8 Å². The van der Waals surface area contributed by atoms with Crippen LogP contribution in [0.25, 0.3) is 5.57 Å². The molecule has 2 aromatic carbocycles. The number of carbonyl (C=O) groups excluding carboxylic acids is 2. The lowest BCUT2D eigenvalue weighted by molar-refractivity contribution is -0.115. The van der Waals surface area contributed by atoms with E-state index in [2.05, 4.69) is 0 Å². The first-order chi connectivity index (χ1) is 12.4. The highest BCUT2D eigenvalue weighted by Gasteiger charge is 2.41. The van der Waals surface area contributed by atoms with E-state index in [1.54, 1.807) is 11.9 Å². The molecule has 0 saturated carbocycles. The monoisotopic (exact) mass is 380 g/mol. The molecule has 4 rings (SSSR count). The Balaban J connectivity index is 1.84. The fourth-order valence-corrected chi connectivity index (χ4v) is 4.57. The van der Waals surface area contributed by atoms with Crippen molar-refractivity contribution in [1.29, 1.82) is 0 Å². The highest BCUT2D eigenvalue weighted by Crippen LogP contribution is 2.45. The van der Waals surface area contributed by atoms with Crippen molar-refractivity contribution < 1.29 is 9.59 Å². The standard InChI is InChI=1S/C20H16N2O2S2/c1-11-8-9-13(10-12(11)2)22-19(24)17(26-20(22)25)16-14-6-4-5-7-15(14)21(3)18(16)23/h4-10H,1-3H3/b17-16-. The van der Waals surface area contributed by atoms with Gasteiger partial charge in [-0.05, 0) is 43.2 Å². The fraction of sp³-hybridized carbons (Fsp3) is 0.150. The summed E-state index contributed by atoms with van der Waals surface area (Å²) in [6.07, 6.45) is 0. The molecule has 0 unspecified atom stereocenters. The Morgan fingerprint density at radius 3 is 2.42 bits per heavy atom. The van der Waals surface area contributed by atoms with Crippen LogP contribution in [0.4, 0.5) is 11.4 Å². The first kappa shape index (κ1) is 17.0. The van der Waals surface area contributed by atoms with Crippen molar-refractivity contribution in [3.05, 3.63) is 64.1 Å². The molecule has 26 heavy (non-hydrogen) atoms. The zero-order valence-electron chi connectivity index (χ0n) is 14.6. The molecule has 0 aromatic heterocycles. The number of anilines is 2. The Kier molecular flexibility index (Phi) is 3.97. The van der Waals surface area contributed by atoms with E-state index < -0.39 is 0 Å². The van der Waals surface area contributed by atoms with Gasteiger partial charge in [0.15, 0.2) is 4.32 Å². The van der Waals surface area contributed by atoms with Gasteiger partial charge < -0.3 is 4.90 Å². The van der Waals surface area contributed by atoms with Gasteiger partial charge in [0.2, 0.25) is 0 Å². The Morgan fingerprint density at radius 2 is 1.69 bits per heavy atom. The SMILES string of the molecule is Cc1ccc(N2C(=O)/C(=C3/C(=O)N(C)c4ccccc43)SC2=S)cc1C. The number of hydrogen-bond acceptors (Lipinski definition) is 4. The first-order valence-corrected chi connectivity index (χ1v) is 9.38. The summed E-state index contributed by atoms with van der Waals surface area (Å²) in [7, 11) is 1.72. The van der Waals surface area contributed by atoms with Gasteiger partial charge in [0.1, 0.15) is 0 Å². The van der Waals surface area contributed by atoms with E-state index in [0.717, 1.165) is 28.1 Å².